The van der Waals surface area contributed by atoms with Gasteiger partial charge < -0.3 is 20.1 Å². The van der Waals surface area contributed by atoms with E-state index in [1.165, 1.54) is 12.0 Å². The van der Waals surface area contributed by atoms with E-state index in [4.69, 9.17) is 22.7 Å². The fourth-order valence-electron chi connectivity index (χ4n) is 0.870. The Hall–Kier alpha value is -0.880. The molecule has 82 valence electrons. The maximum absolute atomic E-state index is 11.2. The average molecular weight is 220 g/mol. The van der Waals surface area contributed by atoms with E-state index >= 15 is 0 Å². The van der Waals surface area contributed by atoms with Crippen LogP contribution in [0.2, 0.25) is 0 Å². The van der Waals surface area contributed by atoms with Gasteiger partial charge in [-0.25, -0.2) is 4.79 Å². The molecule has 0 aromatic rings. The van der Waals surface area contributed by atoms with Crippen molar-refractivity contribution in [2.75, 3.05) is 33.9 Å². The van der Waals surface area contributed by atoms with E-state index in [2.05, 4.69) is 4.74 Å². The SMILES string of the molecule is COCCN(CCC(N)=S)C(=O)OC. The van der Waals surface area contributed by atoms with Crippen LogP contribution in [0.15, 0.2) is 0 Å². The number of hydrogen-bond acceptors (Lipinski definition) is 4. The molecule has 14 heavy (non-hydrogen) atoms. The van der Waals surface area contributed by atoms with E-state index < -0.39 is 6.09 Å². The zero-order valence-electron chi connectivity index (χ0n) is 8.49. The van der Waals surface area contributed by atoms with Crippen molar-refractivity contribution in [1.29, 1.82) is 0 Å². The summed E-state index contributed by atoms with van der Waals surface area (Å²) in [4.78, 5) is 13.1. The van der Waals surface area contributed by atoms with Gasteiger partial charge in [0.25, 0.3) is 0 Å². The molecule has 0 aliphatic heterocycles. The number of thiocarbonyl (C=S) groups is 1. The highest BCUT2D eigenvalue weighted by Crippen LogP contribution is 1.96. The van der Waals surface area contributed by atoms with Gasteiger partial charge >= 0.3 is 6.09 Å². The molecule has 2 N–H and O–H groups in total. The minimum absolute atomic E-state index is 0.385. The molecule has 0 radical (unpaired) electrons. The molecule has 0 aliphatic carbocycles. The van der Waals surface area contributed by atoms with Crippen LogP contribution in [0, 0.1) is 0 Å². The predicted octanol–water partition coefficient (Wildman–Crippen LogP) is 0.377. The maximum Gasteiger partial charge on any atom is 0.409 e. The van der Waals surface area contributed by atoms with E-state index in [1.807, 2.05) is 0 Å². The van der Waals surface area contributed by atoms with E-state index in [0.717, 1.165) is 0 Å². The monoisotopic (exact) mass is 220 g/mol. The number of carbonyl (C=O) groups is 1. The summed E-state index contributed by atoms with van der Waals surface area (Å²) in [6.45, 7) is 1.41. The van der Waals surface area contributed by atoms with Crippen LogP contribution in [0.5, 0.6) is 0 Å². The first kappa shape index (κ1) is 13.1. The minimum atomic E-state index is -0.390. The Morgan fingerprint density at radius 3 is 2.50 bits per heavy atom. The molecule has 0 aromatic carbocycles. The van der Waals surface area contributed by atoms with Crippen molar-refractivity contribution in [2.24, 2.45) is 5.73 Å². The zero-order valence-corrected chi connectivity index (χ0v) is 9.30. The molecule has 0 bridgehead atoms. The lowest BCUT2D eigenvalue weighted by atomic mass is 10.4. The van der Waals surface area contributed by atoms with Gasteiger partial charge in [-0.2, -0.15) is 0 Å². The molecule has 0 unspecified atom stereocenters. The second-order valence-electron chi connectivity index (χ2n) is 2.67. The summed E-state index contributed by atoms with van der Waals surface area (Å²) < 4.78 is 9.45. The smallest absolute Gasteiger partial charge is 0.409 e. The topological polar surface area (TPSA) is 64.8 Å². The Labute approximate surface area is 89.1 Å². The maximum atomic E-state index is 11.2. The highest BCUT2D eigenvalue weighted by atomic mass is 32.1. The lowest BCUT2D eigenvalue weighted by Crippen LogP contribution is -2.36. The molecule has 6 heteroatoms. The van der Waals surface area contributed by atoms with Gasteiger partial charge in [-0.05, 0) is 0 Å². The Kier molecular flexibility index (Phi) is 7.04. The lowest BCUT2D eigenvalue weighted by molar-refractivity contribution is 0.105. The van der Waals surface area contributed by atoms with Gasteiger partial charge in [-0.15, -0.1) is 0 Å². The Morgan fingerprint density at radius 2 is 2.07 bits per heavy atom. The summed E-state index contributed by atoms with van der Waals surface area (Å²) in [5.74, 6) is 0. The van der Waals surface area contributed by atoms with Gasteiger partial charge in [-0.3, -0.25) is 0 Å². The van der Waals surface area contributed by atoms with Gasteiger partial charge in [0.15, 0.2) is 0 Å². The van der Waals surface area contributed by atoms with Crippen LogP contribution in [0.3, 0.4) is 0 Å². The van der Waals surface area contributed by atoms with Gasteiger partial charge in [0.05, 0.1) is 18.7 Å². The number of rotatable bonds is 6. The molecule has 5 nitrogen and oxygen atoms in total. The van der Waals surface area contributed by atoms with Crippen molar-refractivity contribution >= 4 is 23.3 Å². The van der Waals surface area contributed by atoms with Crippen LogP contribution in [-0.2, 0) is 9.47 Å². The van der Waals surface area contributed by atoms with Crippen molar-refractivity contribution in [3.05, 3.63) is 0 Å². The molecule has 0 heterocycles. The fourth-order valence-corrected chi connectivity index (χ4v) is 0.961. The van der Waals surface area contributed by atoms with Crippen molar-refractivity contribution in [3.8, 4) is 0 Å². The van der Waals surface area contributed by atoms with Crippen LogP contribution in [-0.4, -0.2) is 49.9 Å². The lowest BCUT2D eigenvalue weighted by Gasteiger charge is -2.20. The molecule has 0 aliphatic rings. The quantitative estimate of drug-likeness (QED) is 0.655. The molecule has 0 rings (SSSR count). The minimum Gasteiger partial charge on any atom is -0.453 e. The summed E-state index contributed by atoms with van der Waals surface area (Å²) in [6.07, 6.45) is 0.104. The number of nitrogens with zero attached hydrogens (tertiary/aromatic N) is 1. The van der Waals surface area contributed by atoms with Crippen molar-refractivity contribution < 1.29 is 14.3 Å². The predicted molar refractivity (Wildman–Crippen MR) is 57.3 cm³/mol. The van der Waals surface area contributed by atoms with E-state index in [-0.39, 0.29) is 0 Å². The van der Waals surface area contributed by atoms with E-state index in [9.17, 15) is 4.79 Å². The normalized spacial score (nSPS) is 9.57. The largest absolute Gasteiger partial charge is 0.453 e. The van der Waals surface area contributed by atoms with Gasteiger partial charge in [0, 0.05) is 26.6 Å². The summed E-state index contributed by atoms with van der Waals surface area (Å²) in [5, 5.41) is 0. The first-order chi connectivity index (χ1) is 6.61. The number of carbonyl (C=O) groups excluding carboxylic acids is 1. The van der Waals surface area contributed by atoms with Crippen molar-refractivity contribution in [2.45, 2.75) is 6.42 Å². The third kappa shape index (κ3) is 5.71. The van der Waals surface area contributed by atoms with Crippen LogP contribution < -0.4 is 5.73 Å². The molecule has 0 saturated heterocycles. The first-order valence-electron chi connectivity index (χ1n) is 4.22. The Morgan fingerprint density at radius 1 is 1.43 bits per heavy atom. The molecular formula is C8H16N2O3S. The second kappa shape index (κ2) is 7.52. The van der Waals surface area contributed by atoms with Crippen LogP contribution >= 0.6 is 12.2 Å². The molecule has 0 saturated carbocycles. The number of hydrogen-bond donors (Lipinski definition) is 1. The van der Waals surface area contributed by atoms with Gasteiger partial charge in [0.2, 0.25) is 0 Å². The van der Waals surface area contributed by atoms with Gasteiger partial charge in [0.1, 0.15) is 0 Å². The number of amides is 1. The standard InChI is InChI=1S/C8H16N2O3S/c1-12-6-5-10(8(11)13-2)4-3-7(9)14/h3-6H2,1-2H3,(H2,9,14). The van der Waals surface area contributed by atoms with E-state index in [0.29, 0.717) is 31.1 Å². The Bertz CT molecular complexity index is 199. The highest BCUT2D eigenvalue weighted by Gasteiger charge is 2.12. The second-order valence-corrected chi connectivity index (χ2v) is 3.19. The molecular weight excluding hydrogens is 204 g/mol. The number of nitrogens with two attached hydrogens (primary N) is 1. The first-order valence-corrected chi connectivity index (χ1v) is 4.62. The van der Waals surface area contributed by atoms with Gasteiger partial charge in [-0.1, -0.05) is 12.2 Å². The van der Waals surface area contributed by atoms with E-state index in [1.54, 1.807) is 7.11 Å². The highest BCUT2D eigenvalue weighted by molar-refractivity contribution is 7.80. The third-order valence-electron chi connectivity index (χ3n) is 1.63. The molecule has 0 aromatic heterocycles. The van der Waals surface area contributed by atoms with Crippen molar-refractivity contribution in [3.63, 3.8) is 0 Å². The summed E-state index contributed by atoms with van der Waals surface area (Å²) in [6, 6.07) is 0. The third-order valence-corrected chi connectivity index (χ3v) is 1.83. The van der Waals surface area contributed by atoms with Crippen LogP contribution in [0.4, 0.5) is 4.79 Å². The summed E-state index contributed by atoms with van der Waals surface area (Å²) in [5.41, 5.74) is 5.33. The Balaban J connectivity index is 3.96. The average Bonchev–Trinajstić information content (AvgIpc) is 2.16. The molecule has 0 spiro atoms. The fraction of sp³-hybridized carbons (Fsp3) is 0.750. The molecule has 0 atom stereocenters. The van der Waals surface area contributed by atoms with Crippen LogP contribution in [0.1, 0.15) is 6.42 Å². The molecule has 1 amide bonds. The summed E-state index contributed by atoms with van der Waals surface area (Å²) in [7, 11) is 2.91. The van der Waals surface area contributed by atoms with Crippen LogP contribution in [0.25, 0.3) is 0 Å². The zero-order chi connectivity index (χ0) is 11.0. The number of methoxy groups -OCH3 is 2. The molecule has 0 fully saturated rings. The summed E-state index contributed by atoms with van der Waals surface area (Å²) >= 11 is 4.72. The van der Waals surface area contributed by atoms with Crippen molar-refractivity contribution in [1.82, 2.24) is 4.90 Å². The number of ether oxygens (including phenoxy) is 2.